The predicted molar refractivity (Wildman–Crippen MR) is 110 cm³/mol. The molecule has 0 saturated carbocycles. The van der Waals surface area contributed by atoms with Crippen LogP contribution in [0.4, 0.5) is 0 Å². The number of hydrogen-bond acceptors (Lipinski definition) is 4. The van der Waals surface area contributed by atoms with E-state index in [2.05, 4.69) is 46.5 Å². The van der Waals surface area contributed by atoms with Gasteiger partial charge in [0, 0.05) is 13.1 Å². The average Bonchev–Trinajstić information content (AvgIpc) is 3.20. The molecular weight excluding hydrogens is 350 g/mol. The van der Waals surface area contributed by atoms with Gasteiger partial charge in [0.1, 0.15) is 0 Å². The summed E-state index contributed by atoms with van der Waals surface area (Å²) in [6.07, 6.45) is 1.68. The molecule has 0 fully saturated rings. The van der Waals surface area contributed by atoms with Crippen molar-refractivity contribution in [3.63, 3.8) is 0 Å². The summed E-state index contributed by atoms with van der Waals surface area (Å²) in [4.78, 5) is 14.8. The Labute approximate surface area is 166 Å². The Morgan fingerprint density at radius 1 is 1.00 bits per heavy atom. The Morgan fingerprint density at radius 2 is 1.68 bits per heavy atom. The van der Waals surface area contributed by atoms with Gasteiger partial charge in [-0.15, -0.1) is 5.10 Å². The molecule has 3 aromatic rings. The van der Waals surface area contributed by atoms with Crippen LogP contribution in [-0.4, -0.2) is 38.9 Å². The zero-order valence-corrected chi connectivity index (χ0v) is 16.5. The van der Waals surface area contributed by atoms with Crippen molar-refractivity contribution in [3.05, 3.63) is 83.2 Å². The number of hydrogen-bond donors (Lipinski definition) is 1. The van der Waals surface area contributed by atoms with Crippen molar-refractivity contribution in [1.82, 2.24) is 25.2 Å². The molecule has 1 aromatic heterocycles. The van der Waals surface area contributed by atoms with Crippen LogP contribution in [0.15, 0.2) is 60.8 Å². The van der Waals surface area contributed by atoms with E-state index in [1.165, 1.54) is 5.56 Å². The lowest BCUT2D eigenvalue weighted by atomic mass is 10.1. The van der Waals surface area contributed by atoms with Gasteiger partial charge < -0.3 is 5.32 Å². The number of rotatable bonds is 9. The first-order valence-electron chi connectivity index (χ1n) is 9.71. The highest BCUT2D eigenvalue weighted by molar-refractivity contribution is 5.91. The molecule has 0 radical (unpaired) electrons. The number of benzene rings is 2. The normalized spacial score (nSPS) is 11.0. The molecule has 0 aliphatic rings. The maximum Gasteiger partial charge on any atom is 0.273 e. The fourth-order valence-corrected chi connectivity index (χ4v) is 3.09. The Morgan fingerprint density at radius 3 is 2.39 bits per heavy atom. The molecule has 3 rings (SSSR count). The zero-order chi connectivity index (χ0) is 19.8. The molecule has 0 saturated heterocycles. The summed E-state index contributed by atoms with van der Waals surface area (Å²) < 4.78 is 1.68. The van der Waals surface area contributed by atoms with Crippen molar-refractivity contribution >= 4 is 5.91 Å². The lowest BCUT2D eigenvalue weighted by molar-refractivity contribution is 0.0945. The number of carbonyl (C=O) groups is 1. The van der Waals surface area contributed by atoms with Crippen LogP contribution in [0.25, 0.3) is 0 Å². The number of amides is 1. The van der Waals surface area contributed by atoms with E-state index < -0.39 is 0 Å². The molecule has 0 unspecified atom stereocenters. The minimum absolute atomic E-state index is 0.211. The molecular formula is C22H27N5O. The summed E-state index contributed by atoms with van der Waals surface area (Å²) in [6.45, 7) is 8.27. The molecule has 1 heterocycles. The van der Waals surface area contributed by atoms with Crippen molar-refractivity contribution in [1.29, 1.82) is 0 Å². The summed E-state index contributed by atoms with van der Waals surface area (Å²) in [5.74, 6) is -0.211. The third-order valence-corrected chi connectivity index (χ3v) is 4.80. The van der Waals surface area contributed by atoms with Crippen LogP contribution in [0.2, 0.25) is 0 Å². The maximum absolute atomic E-state index is 12.5. The highest BCUT2D eigenvalue weighted by atomic mass is 16.2. The molecule has 0 atom stereocenters. The average molecular weight is 377 g/mol. The van der Waals surface area contributed by atoms with Gasteiger partial charge in [0.2, 0.25) is 0 Å². The summed E-state index contributed by atoms with van der Waals surface area (Å²) in [7, 11) is 0. The van der Waals surface area contributed by atoms with Crippen LogP contribution >= 0.6 is 0 Å². The second-order valence-electron chi connectivity index (χ2n) is 6.70. The van der Waals surface area contributed by atoms with Crippen molar-refractivity contribution in [3.8, 4) is 0 Å². The quantitative estimate of drug-likeness (QED) is 0.622. The predicted octanol–water partition coefficient (Wildman–Crippen LogP) is 3.10. The van der Waals surface area contributed by atoms with E-state index >= 15 is 0 Å². The fourth-order valence-electron chi connectivity index (χ4n) is 3.09. The van der Waals surface area contributed by atoms with Crippen molar-refractivity contribution < 1.29 is 4.79 Å². The molecule has 28 heavy (non-hydrogen) atoms. The van der Waals surface area contributed by atoms with Crippen LogP contribution in [-0.2, 0) is 19.6 Å². The van der Waals surface area contributed by atoms with E-state index in [1.54, 1.807) is 10.9 Å². The Kier molecular flexibility index (Phi) is 6.92. The Hall–Kier alpha value is -2.99. The van der Waals surface area contributed by atoms with Gasteiger partial charge in [0.05, 0.1) is 12.7 Å². The number of nitrogens with one attached hydrogen (secondary N) is 1. The maximum atomic E-state index is 12.5. The summed E-state index contributed by atoms with van der Waals surface area (Å²) in [5, 5.41) is 11.0. The van der Waals surface area contributed by atoms with E-state index in [0.29, 0.717) is 18.8 Å². The first-order chi connectivity index (χ1) is 13.7. The third kappa shape index (κ3) is 5.27. The van der Waals surface area contributed by atoms with E-state index in [-0.39, 0.29) is 5.91 Å². The SMILES string of the molecule is CCN(CC)Cc1ccccc1CNC(=O)c1cn(Cc2ccccc2)nn1. The summed E-state index contributed by atoms with van der Waals surface area (Å²) in [5.41, 5.74) is 3.81. The van der Waals surface area contributed by atoms with Gasteiger partial charge in [-0.2, -0.15) is 0 Å². The largest absolute Gasteiger partial charge is 0.347 e. The molecule has 0 spiro atoms. The summed E-state index contributed by atoms with van der Waals surface area (Å²) in [6, 6.07) is 18.2. The molecule has 6 nitrogen and oxygen atoms in total. The Balaban J connectivity index is 1.60. The van der Waals surface area contributed by atoms with Gasteiger partial charge in [-0.05, 0) is 29.8 Å². The highest BCUT2D eigenvalue weighted by Gasteiger charge is 2.12. The third-order valence-electron chi connectivity index (χ3n) is 4.80. The molecule has 2 aromatic carbocycles. The van der Waals surface area contributed by atoms with E-state index in [4.69, 9.17) is 0 Å². The van der Waals surface area contributed by atoms with Gasteiger partial charge in [0.25, 0.3) is 5.91 Å². The minimum atomic E-state index is -0.211. The van der Waals surface area contributed by atoms with Crippen LogP contribution in [0.1, 0.15) is 41.0 Å². The van der Waals surface area contributed by atoms with Gasteiger partial charge in [-0.25, -0.2) is 4.68 Å². The first-order valence-corrected chi connectivity index (χ1v) is 9.71. The Bertz CT molecular complexity index is 887. The second kappa shape index (κ2) is 9.80. The number of aromatic nitrogens is 3. The number of carbonyl (C=O) groups excluding carboxylic acids is 1. The van der Waals surface area contributed by atoms with Gasteiger partial charge in [-0.3, -0.25) is 9.69 Å². The highest BCUT2D eigenvalue weighted by Crippen LogP contribution is 2.12. The van der Waals surface area contributed by atoms with E-state index in [1.807, 2.05) is 42.5 Å². The van der Waals surface area contributed by atoms with Crippen LogP contribution in [0.5, 0.6) is 0 Å². The van der Waals surface area contributed by atoms with E-state index in [0.717, 1.165) is 30.8 Å². The number of nitrogens with zero attached hydrogens (tertiary/aromatic N) is 4. The van der Waals surface area contributed by atoms with Gasteiger partial charge >= 0.3 is 0 Å². The molecule has 0 bridgehead atoms. The molecule has 0 aliphatic carbocycles. The van der Waals surface area contributed by atoms with Crippen LogP contribution < -0.4 is 5.32 Å². The summed E-state index contributed by atoms with van der Waals surface area (Å²) >= 11 is 0. The molecule has 6 heteroatoms. The minimum Gasteiger partial charge on any atom is -0.347 e. The zero-order valence-electron chi connectivity index (χ0n) is 16.5. The lowest BCUT2D eigenvalue weighted by Crippen LogP contribution is -2.26. The van der Waals surface area contributed by atoms with Crippen LogP contribution in [0, 0.1) is 0 Å². The molecule has 146 valence electrons. The van der Waals surface area contributed by atoms with Gasteiger partial charge in [0.15, 0.2) is 5.69 Å². The first kappa shape index (κ1) is 19.8. The van der Waals surface area contributed by atoms with Crippen molar-refractivity contribution in [2.45, 2.75) is 33.5 Å². The fraction of sp³-hybridized carbons (Fsp3) is 0.318. The molecule has 1 amide bonds. The smallest absolute Gasteiger partial charge is 0.273 e. The topological polar surface area (TPSA) is 63.1 Å². The lowest BCUT2D eigenvalue weighted by Gasteiger charge is -2.20. The van der Waals surface area contributed by atoms with Crippen molar-refractivity contribution in [2.75, 3.05) is 13.1 Å². The van der Waals surface area contributed by atoms with Crippen LogP contribution in [0.3, 0.4) is 0 Å². The van der Waals surface area contributed by atoms with E-state index in [9.17, 15) is 4.79 Å². The van der Waals surface area contributed by atoms with Crippen molar-refractivity contribution in [2.24, 2.45) is 0 Å². The second-order valence-corrected chi connectivity index (χ2v) is 6.70. The molecule has 1 N–H and O–H groups in total. The standard InChI is InChI=1S/C22H27N5O/c1-3-26(4-2)16-20-13-9-8-12-19(20)14-23-22(28)21-17-27(25-24-21)15-18-10-6-5-7-11-18/h5-13,17H,3-4,14-16H2,1-2H3,(H,23,28). The van der Waals surface area contributed by atoms with Gasteiger partial charge in [-0.1, -0.05) is 73.7 Å². The molecule has 0 aliphatic heterocycles. The monoisotopic (exact) mass is 377 g/mol.